The Bertz CT molecular complexity index is 530. The van der Waals surface area contributed by atoms with Gasteiger partial charge in [0.05, 0.1) is 0 Å². The highest BCUT2D eigenvalue weighted by Gasteiger charge is 2.62. The molecule has 0 aromatic heterocycles. The third-order valence-corrected chi connectivity index (χ3v) is 8.25. The lowest BCUT2D eigenvalue weighted by Crippen LogP contribution is -2.62. The van der Waals surface area contributed by atoms with Gasteiger partial charge in [-0.25, -0.2) is 0 Å². The van der Waals surface area contributed by atoms with Crippen LogP contribution in [0.2, 0.25) is 0 Å². The maximum atomic E-state index is 12.8. The Hall–Kier alpha value is -0.700. The van der Waals surface area contributed by atoms with Gasteiger partial charge in [-0.1, -0.05) is 20.3 Å². The Morgan fingerprint density at radius 3 is 2.50 bits per heavy atom. The molecule has 7 atom stereocenters. The summed E-state index contributed by atoms with van der Waals surface area (Å²) < 4.78 is 0. The Morgan fingerprint density at radius 2 is 1.73 bits per heavy atom. The molecule has 4 aliphatic carbocycles. The molecule has 0 spiro atoms. The molecule has 0 heterocycles. The van der Waals surface area contributed by atoms with E-state index < -0.39 is 5.41 Å². The second kappa shape index (κ2) is 4.66. The van der Waals surface area contributed by atoms with Gasteiger partial charge in [0.15, 0.2) is 0 Å². The summed E-state index contributed by atoms with van der Waals surface area (Å²) in [5.41, 5.74) is 6.33. The molecule has 0 aromatic rings. The summed E-state index contributed by atoms with van der Waals surface area (Å²) in [4.78, 5) is 25.0. The van der Waals surface area contributed by atoms with Crippen molar-refractivity contribution in [3.63, 3.8) is 0 Å². The van der Waals surface area contributed by atoms with Crippen LogP contribution in [0.15, 0.2) is 0 Å². The molecule has 3 heteroatoms. The molecule has 4 aliphatic rings. The quantitative estimate of drug-likeness (QED) is 0.699. The Morgan fingerprint density at radius 1 is 0.955 bits per heavy atom. The zero-order chi connectivity index (χ0) is 15.7. The molecule has 22 heavy (non-hydrogen) atoms. The van der Waals surface area contributed by atoms with E-state index in [-0.39, 0.29) is 29.9 Å². The van der Waals surface area contributed by atoms with Crippen molar-refractivity contribution in [1.82, 2.24) is 0 Å². The van der Waals surface area contributed by atoms with Crippen LogP contribution in [-0.2, 0) is 9.59 Å². The molecule has 0 bridgehead atoms. The number of carbonyl (C=O) groups is 2. The first-order valence-electron chi connectivity index (χ1n) is 9.21. The van der Waals surface area contributed by atoms with Crippen molar-refractivity contribution in [1.29, 1.82) is 0 Å². The topological polar surface area (TPSA) is 60.2 Å². The zero-order valence-corrected chi connectivity index (χ0v) is 13.9. The molecule has 2 unspecified atom stereocenters. The van der Waals surface area contributed by atoms with E-state index in [4.69, 9.17) is 5.73 Å². The molecule has 4 rings (SSSR count). The summed E-state index contributed by atoms with van der Waals surface area (Å²) >= 11 is 0. The molecule has 4 saturated carbocycles. The summed E-state index contributed by atoms with van der Waals surface area (Å²) in [6.07, 6.45) is 8.92. The minimum atomic E-state index is -0.471. The molecule has 0 amide bonds. The van der Waals surface area contributed by atoms with Crippen molar-refractivity contribution in [3.8, 4) is 0 Å². The van der Waals surface area contributed by atoms with Crippen molar-refractivity contribution in [2.45, 2.75) is 71.3 Å². The molecule has 0 aromatic carbocycles. The second-order valence-electron chi connectivity index (χ2n) is 9.05. The molecule has 0 aliphatic heterocycles. The lowest BCUT2D eigenvalue weighted by molar-refractivity contribution is -0.163. The van der Waals surface area contributed by atoms with Crippen molar-refractivity contribution in [2.24, 2.45) is 40.2 Å². The molecular weight excluding hydrogens is 274 g/mol. The van der Waals surface area contributed by atoms with E-state index in [0.29, 0.717) is 17.3 Å². The number of nitrogens with two attached hydrogens (primary N) is 1. The number of hydrogen-bond donors (Lipinski definition) is 1. The third-order valence-electron chi connectivity index (χ3n) is 8.25. The molecular formula is C19H29NO2. The number of Topliss-reactive ketones (excluding diaryl/α,β-unsaturated/α-hetero) is 2. The highest BCUT2D eigenvalue weighted by atomic mass is 16.2. The largest absolute Gasteiger partial charge is 0.327 e. The van der Waals surface area contributed by atoms with Crippen LogP contribution >= 0.6 is 0 Å². The van der Waals surface area contributed by atoms with E-state index in [0.717, 1.165) is 18.8 Å². The Labute approximate surface area is 133 Å². The van der Waals surface area contributed by atoms with E-state index >= 15 is 0 Å². The van der Waals surface area contributed by atoms with Gasteiger partial charge in [0.25, 0.3) is 0 Å². The molecule has 0 radical (unpaired) electrons. The minimum absolute atomic E-state index is 0.0875. The number of rotatable bonds is 0. The van der Waals surface area contributed by atoms with Crippen molar-refractivity contribution < 1.29 is 9.59 Å². The highest BCUT2D eigenvalue weighted by Crippen LogP contribution is 2.65. The maximum absolute atomic E-state index is 12.8. The van der Waals surface area contributed by atoms with Crippen molar-refractivity contribution >= 4 is 11.6 Å². The first kappa shape index (κ1) is 14.9. The molecule has 0 saturated heterocycles. The zero-order valence-electron chi connectivity index (χ0n) is 13.9. The fraction of sp³-hybridized carbons (Fsp3) is 0.895. The molecule has 122 valence electrons. The third kappa shape index (κ3) is 1.72. The summed E-state index contributed by atoms with van der Waals surface area (Å²) in [6.45, 7) is 4.56. The minimum Gasteiger partial charge on any atom is -0.327 e. The van der Waals surface area contributed by atoms with Gasteiger partial charge in [0.1, 0.15) is 0 Å². The first-order chi connectivity index (χ1) is 10.4. The van der Waals surface area contributed by atoms with Gasteiger partial charge in [-0.2, -0.15) is 0 Å². The Kier molecular flexibility index (Phi) is 3.15. The molecule has 2 N–H and O–H groups in total. The van der Waals surface area contributed by atoms with Crippen LogP contribution in [-0.4, -0.2) is 17.6 Å². The van der Waals surface area contributed by atoms with Crippen LogP contribution in [0.4, 0.5) is 0 Å². The number of carbonyl (C=O) groups excluding carboxylic acids is 2. The van der Waals surface area contributed by atoms with Crippen LogP contribution in [0.3, 0.4) is 0 Å². The normalized spacial score (nSPS) is 54.6. The van der Waals surface area contributed by atoms with Gasteiger partial charge in [-0.05, 0) is 67.6 Å². The Balaban J connectivity index is 1.73. The average Bonchev–Trinajstić information content (AvgIpc) is 2.87. The van der Waals surface area contributed by atoms with Crippen LogP contribution in [0, 0.1) is 34.5 Å². The van der Waals surface area contributed by atoms with Gasteiger partial charge in [0.2, 0.25) is 11.6 Å². The van der Waals surface area contributed by atoms with Gasteiger partial charge in [-0.3, -0.25) is 9.59 Å². The van der Waals surface area contributed by atoms with Gasteiger partial charge < -0.3 is 5.73 Å². The van der Waals surface area contributed by atoms with E-state index in [1.165, 1.54) is 32.1 Å². The summed E-state index contributed by atoms with van der Waals surface area (Å²) in [5, 5.41) is 0. The summed E-state index contributed by atoms with van der Waals surface area (Å²) in [6, 6.07) is -0.104. The van der Waals surface area contributed by atoms with Crippen LogP contribution in [0.1, 0.15) is 65.2 Å². The monoisotopic (exact) mass is 303 g/mol. The fourth-order valence-corrected chi connectivity index (χ4v) is 7.12. The van der Waals surface area contributed by atoms with Gasteiger partial charge in [-0.15, -0.1) is 0 Å². The van der Waals surface area contributed by atoms with Gasteiger partial charge in [0, 0.05) is 17.9 Å². The number of ketones is 2. The first-order valence-corrected chi connectivity index (χ1v) is 9.21. The van der Waals surface area contributed by atoms with Crippen LogP contribution in [0.5, 0.6) is 0 Å². The van der Waals surface area contributed by atoms with Crippen molar-refractivity contribution in [2.75, 3.05) is 0 Å². The lowest BCUT2D eigenvalue weighted by atomic mass is 9.44. The maximum Gasteiger partial charge on any atom is 0.204 e. The van der Waals surface area contributed by atoms with E-state index in [9.17, 15) is 9.59 Å². The molecule has 4 fully saturated rings. The van der Waals surface area contributed by atoms with Crippen molar-refractivity contribution in [3.05, 3.63) is 0 Å². The summed E-state index contributed by atoms with van der Waals surface area (Å²) in [5.74, 6) is 1.74. The fourth-order valence-electron chi connectivity index (χ4n) is 7.12. The van der Waals surface area contributed by atoms with Gasteiger partial charge >= 0.3 is 0 Å². The SMILES string of the molecule is C[C@@]12CCC[C@H]1[C@@H]1CCC3C(N)CC(=O)C(=O)[C@]3(C)[C@H]1CC2. The smallest absolute Gasteiger partial charge is 0.204 e. The average molecular weight is 303 g/mol. The van der Waals surface area contributed by atoms with Crippen LogP contribution in [0.25, 0.3) is 0 Å². The van der Waals surface area contributed by atoms with Crippen LogP contribution < -0.4 is 5.73 Å². The number of hydrogen-bond acceptors (Lipinski definition) is 3. The highest BCUT2D eigenvalue weighted by molar-refractivity contribution is 6.40. The molecule has 3 nitrogen and oxygen atoms in total. The summed E-state index contributed by atoms with van der Waals surface area (Å²) in [7, 11) is 0. The standard InChI is InChI=1S/C19H29NO2/c1-18-8-3-4-12(18)11-5-6-14-15(20)10-16(21)17(22)19(14,2)13(11)7-9-18/h11-15H,3-10,20H2,1-2H3/t11-,12-,13-,14?,15?,18-,19+/m0/s1. The second-order valence-corrected chi connectivity index (χ2v) is 9.05. The lowest BCUT2D eigenvalue weighted by Gasteiger charge is -2.59. The predicted molar refractivity (Wildman–Crippen MR) is 85.1 cm³/mol. The van der Waals surface area contributed by atoms with E-state index in [1.807, 2.05) is 0 Å². The van der Waals surface area contributed by atoms with E-state index in [2.05, 4.69) is 13.8 Å². The number of fused-ring (bicyclic) bond motifs is 5. The predicted octanol–water partition coefficient (Wildman–Crippen LogP) is 3.10. The van der Waals surface area contributed by atoms with E-state index in [1.54, 1.807) is 0 Å².